The predicted octanol–water partition coefficient (Wildman–Crippen LogP) is 5.32. The van der Waals surface area contributed by atoms with Crippen LogP contribution >= 0.6 is 11.6 Å². The number of piperidine rings is 1. The zero-order valence-electron chi connectivity index (χ0n) is 19.5. The standard InChI is InChI=1S/C26H27ClF3NO5/c27-22-7-16(3-4-24(22)36-20(10-28)11-29)14-34-19-8-23(30)21-6-17(15-35-25(21)9-19)12-31-5-1-2-18(13-31)26(32)33/h3-4,6-9,18,20H,1-2,5,10-15H2,(H,32,33)/t18-/m0/s1. The summed E-state index contributed by atoms with van der Waals surface area (Å²) in [7, 11) is 0. The lowest BCUT2D eigenvalue weighted by molar-refractivity contribution is -0.143. The van der Waals surface area contributed by atoms with Crippen molar-refractivity contribution in [2.24, 2.45) is 5.92 Å². The van der Waals surface area contributed by atoms with Gasteiger partial charge in [0.2, 0.25) is 0 Å². The van der Waals surface area contributed by atoms with Gasteiger partial charge in [-0.05, 0) is 48.7 Å². The number of likely N-dealkylation sites (tertiary alicyclic amines) is 1. The number of fused-ring (bicyclic) bond motifs is 1. The second-order valence-corrected chi connectivity index (χ2v) is 9.33. The number of carboxylic acid groups (broad SMARTS) is 1. The number of carbonyl (C=O) groups is 1. The lowest BCUT2D eigenvalue weighted by Crippen LogP contribution is -2.40. The molecule has 0 aliphatic carbocycles. The molecule has 1 saturated heterocycles. The molecule has 2 aliphatic rings. The van der Waals surface area contributed by atoms with E-state index < -0.39 is 31.2 Å². The molecule has 0 bridgehead atoms. The predicted molar refractivity (Wildman–Crippen MR) is 129 cm³/mol. The van der Waals surface area contributed by atoms with E-state index in [2.05, 4.69) is 4.90 Å². The average Bonchev–Trinajstić information content (AvgIpc) is 2.87. The molecule has 6 nitrogen and oxygen atoms in total. The minimum Gasteiger partial charge on any atom is -0.489 e. The van der Waals surface area contributed by atoms with Gasteiger partial charge in [-0.25, -0.2) is 13.2 Å². The van der Waals surface area contributed by atoms with E-state index in [9.17, 15) is 23.1 Å². The minimum atomic E-state index is -1.21. The van der Waals surface area contributed by atoms with Gasteiger partial charge in [-0.3, -0.25) is 9.69 Å². The molecule has 2 aromatic rings. The van der Waals surface area contributed by atoms with E-state index in [-0.39, 0.29) is 35.7 Å². The van der Waals surface area contributed by atoms with Crippen molar-refractivity contribution in [3.05, 3.63) is 57.9 Å². The summed E-state index contributed by atoms with van der Waals surface area (Å²) in [6, 6.07) is 7.59. The first-order valence-corrected chi connectivity index (χ1v) is 12.0. The maximum atomic E-state index is 14.9. The Bertz CT molecular complexity index is 1120. The van der Waals surface area contributed by atoms with Crippen LogP contribution in [-0.4, -0.2) is 61.7 Å². The molecule has 0 unspecified atom stereocenters. The van der Waals surface area contributed by atoms with Gasteiger partial charge in [-0.15, -0.1) is 0 Å². The maximum absolute atomic E-state index is 14.9. The van der Waals surface area contributed by atoms with Gasteiger partial charge in [0.15, 0.2) is 6.10 Å². The van der Waals surface area contributed by atoms with Crippen LogP contribution in [0.4, 0.5) is 13.2 Å². The van der Waals surface area contributed by atoms with Crippen molar-refractivity contribution >= 4 is 23.6 Å². The Morgan fingerprint density at radius 2 is 2.06 bits per heavy atom. The lowest BCUT2D eigenvalue weighted by Gasteiger charge is -2.32. The highest BCUT2D eigenvalue weighted by Gasteiger charge is 2.27. The van der Waals surface area contributed by atoms with Gasteiger partial charge >= 0.3 is 5.97 Å². The molecule has 0 amide bonds. The number of benzene rings is 2. The Labute approximate surface area is 212 Å². The van der Waals surface area contributed by atoms with Crippen molar-refractivity contribution in [3.63, 3.8) is 0 Å². The average molecular weight is 526 g/mol. The molecule has 1 atom stereocenters. The number of carboxylic acids is 1. The molecule has 194 valence electrons. The fourth-order valence-corrected chi connectivity index (χ4v) is 4.54. The summed E-state index contributed by atoms with van der Waals surface area (Å²) in [6.07, 6.45) is 2.03. The van der Waals surface area contributed by atoms with E-state index >= 15 is 0 Å². The van der Waals surface area contributed by atoms with Gasteiger partial charge in [0.05, 0.1) is 16.5 Å². The third-order valence-corrected chi connectivity index (χ3v) is 6.44. The fourth-order valence-electron chi connectivity index (χ4n) is 4.29. The molecule has 4 rings (SSSR count). The molecule has 10 heteroatoms. The van der Waals surface area contributed by atoms with E-state index in [4.69, 9.17) is 25.8 Å². The maximum Gasteiger partial charge on any atom is 0.307 e. The number of aliphatic carboxylic acids is 1. The van der Waals surface area contributed by atoms with Crippen LogP contribution in [0, 0.1) is 11.7 Å². The van der Waals surface area contributed by atoms with Gasteiger partial charge in [0.1, 0.15) is 49.6 Å². The topological polar surface area (TPSA) is 68.2 Å². The quantitative estimate of drug-likeness (QED) is 0.453. The highest BCUT2D eigenvalue weighted by atomic mass is 35.5. The Hall–Kier alpha value is -2.91. The molecule has 0 aromatic heterocycles. The number of rotatable bonds is 10. The van der Waals surface area contributed by atoms with E-state index in [1.807, 2.05) is 0 Å². The van der Waals surface area contributed by atoms with E-state index in [0.29, 0.717) is 36.4 Å². The van der Waals surface area contributed by atoms with Crippen molar-refractivity contribution in [1.82, 2.24) is 4.90 Å². The van der Waals surface area contributed by atoms with Crippen LogP contribution in [0.1, 0.15) is 24.0 Å². The van der Waals surface area contributed by atoms with Crippen molar-refractivity contribution in [3.8, 4) is 17.2 Å². The molecule has 0 saturated carbocycles. The van der Waals surface area contributed by atoms with Gasteiger partial charge in [-0.2, -0.15) is 0 Å². The Morgan fingerprint density at radius 3 is 2.78 bits per heavy atom. The second-order valence-electron chi connectivity index (χ2n) is 8.92. The molecule has 2 aromatic carbocycles. The van der Waals surface area contributed by atoms with Crippen molar-refractivity contribution in [2.45, 2.75) is 25.6 Å². The number of hydrogen-bond acceptors (Lipinski definition) is 5. The lowest BCUT2D eigenvalue weighted by atomic mass is 9.97. The molecule has 2 aliphatic heterocycles. The molecule has 2 heterocycles. The summed E-state index contributed by atoms with van der Waals surface area (Å²) in [5, 5.41) is 9.47. The smallest absolute Gasteiger partial charge is 0.307 e. The summed E-state index contributed by atoms with van der Waals surface area (Å²) >= 11 is 6.15. The van der Waals surface area contributed by atoms with E-state index in [1.165, 1.54) is 12.1 Å². The summed E-state index contributed by atoms with van der Waals surface area (Å²) in [4.78, 5) is 13.4. The van der Waals surface area contributed by atoms with Crippen molar-refractivity contribution in [2.75, 3.05) is 39.6 Å². The molecule has 0 radical (unpaired) electrons. The fraction of sp³-hybridized carbons (Fsp3) is 0.423. The number of halogens is 4. The van der Waals surface area contributed by atoms with Gasteiger partial charge in [-0.1, -0.05) is 17.7 Å². The van der Waals surface area contributed by atoms with Crippen LogP contribution in [0.15, 0.2) is 35.9 Å². The van der Waals surface area contributed by atoms with Crippen LogP contribution in [0.2, 0.25) is 5.02 Å². The van der Waals surface area contributed by atoms with Crippen LogP contribution in [0.5, 0.6) is 17.2 Å². The van der Waals surface area contributed by atoms with E-state index in [1.54, 1.807) is 24.3 Å². The normalized spacial score (nSPS) is 17.8. The minimum absolute atomic E-state index is 0.0780. The largest absolute Gasteiger partial charge is 0.489 e. The zero-order valence-corrected chi connectivity index (χ0v) is 20.3. The van der Waals surface area contributed by atoms with Crippen LogP contribution in [0.3, 0.4) is 0 Å². The molecule has 1 fully saturated rings. The third-order valence-electron chi connectivity index (χ3n) is 6.15. The summed E-state index contributed by atoms with van der Waals surface area (Å²) < 4.78 is 57.0. The van der Waals surface area contributed by atoms with Crippen molar-refractivity contribution < 1.29 is 37.3 Å². The van der Waals surface area contributed by atoms with Gasteiger partial charge in [0, 0.05) is 25.2 Å². The second kappa shape index (κ2) is 11.9. The SMILES string of the molecule is O=C(O)[C@H]1CCCN(CC2=Cc3c(F)cc(OCc4ccc(OC(CF)CF)c(Cl)c4)cc3OC2)C1. The number of nitrogens with zero attached hydrogens (tertiary/aromatic N) is 1. The Morgan fingerprint density at radius 1 is 1.25 bits per heavy atom. The van der Waals surface area contributed by atoms with Gasteiger partial charge < -0.3 is 19.3 Å². The van der Waals surface area contributed by atoms with Crippen LogP contribution in [-0.2, 0) is 11.4 Å². The Kier molecular flexibility index (Phi) is 8.64. The summed E-state index contributed by atoms with van der Waals surface area (Å²) in [5.74, 6) is -0.859. The molecule has 0 spiro atoms. The number of alkyl halides is 2. The van der Waals surface area contributed by atoms with Crippen LogP contribution in [0.25, 0.3) is 6.08 Å². The van der Waals surface area contributed by atoms with E-state index in [0.717, 1.165) is 18.5 Å². The highest BCUT2D eigenvalue weighted by Crippen LogP contribution is 2.34. The summed E-state index contributed by atoms with van der Waals surface area (Å²) in [6.45, 7) is 0.214. The third kappa shape index (κ3) is 6.44. The zero-order chi connectivity index (χ0) is 25.7. The first-order valence-electron chi connectivity index (χ1n) is 11.7. The summed E-state index contributed by atoms with van der Waals surface area (Å²) in [5.41, 5.74) is 1.86. The van der Waals surface area contributed by atoms with Crippen LogP contribution < -0.4 is 14.2 Å². The molecular weight excluding hydrogens is 499 g/mol. The Balaban J connectivity index is 1.38. The molecule has 36 heavy (non-hydrogen) atoms. The van der Waals surface area contributed by atoms with Crippen molar-refractivity contribution in [1.29, 1.82) is 0 Å². The highest BCUT2D eigenvalue weighted by molar-refractivity contribution is 6.32. The van der Waals surface area contributed by atoms with Gasteiger partial charge in [0.25, 0.3) is 0 Å². The molecular formula is C26H27ClF3NO5. The first kappa shape index (κ1) is 26.2. The number of ether oxygens (including phenoxy) is 3. The first-order chi connectivity index (χ1) is 17.4. The monoisotopic (exact) mass is 525 g/mol. The number of hydrogen-bond donors (Lipinski definition) is 1. The molecule has 1 N–H and O–H groups in total.